The maximum atomic E-state index is 12.0. The van der Waals surface area contributed by atoms with Crippen LogP contribution in [0.4, 0.5) is 13.2 Å². The minimum atomic E-state index is -4.41. The fourth-order valence-corrected chi connectivity index (χ4v) is 1.57. The van der Waals surface area contributed by atoms with E-state index in [0.29, 0.717) is 11.7 Å². The highest BCUT2D eigenvalue weighted by Crippen LogP contribution is 2.13. The van der Waals surface area contributed by atoms with Gasteiger partial charge in [0.1, 0.15) is 11.7 Å². The number of rotatable bonds is 5. The Balaban J connectivity index is 2.51. The van der Waals surface area contributed by atoms with Gasteiger partial charge in [0.15, 0.2) is 0 Å². The molecule has 1 atom stereocenters. The van der Waals surface area contributed by atoms with Crippen molar-refractivity contribution in [1.82, 2.24) is 15.2 Å². The van der Waals surface area contributed by atoms with E-state index in [1.54, 1.807) is 30.3 Å². The van der Waals surface area contributed by atoms with E-state index in [2.05, 4.69) is 4.98 Å². The van der Waals surface area contributed by atoms with Gasteiger partial charge >= 0.3 is 6.18 Å². The Kier molecular flexibility index (Phi) is 5.76. The highest BCUT2D eigenvalue weighted by Gasteiger charge is 2.29. The van der Waals surface area contributed by atoms with Crippen LogP contribution in [0.1, 0.15) is 12.5 Å². The fraction of sp³-hybridized carbons (Fsp3) is 0.500. The van der Waals surface area contributed by atoms with Crippen LogP contribution in [0.5, 0.6) is 0 Å². The summed E-state index contributed by atoms with van der Waals surface area (Å²) in [5.74, 6) is -0.674. The van der Waals surface area contributed by atoms with Crippen molar-refractivity contribution < 1.29 is 18.0 Å². The van der Waals surface area contributed by atoms with Crippen molar-refractivity contribution in [2.24, 2.45) is 0 Å². The van der Waals surface area contributed by atoms with Gasteiger partial charge in [-0.15, -0.1) is 0 Å². The molecule has 1 amide bonds. The summed E-state index contributed by atoms with van der Waals surface area (Å²) in [5.41, 5.74) is 0.812. The minimum Gasteiger partial charge on any atom is -0.346 e. The van der Waals surface area contributed by atoms with E-state index >= 15 is 0 Å². The van der Waals surface area contributed by atoms with Crippen LogP contribution in [0.25, 0.3) is 0 Å². The zero-order valence-electron chi connectivity index (χ0n) is 11.0. The van der Waals surface area contributed by atoms with Crippen molar-refractivity contribution in [3.05, 3.63) is 29.0 Å². The summed E-state index contributed by atoms with van der Waals surface area (Å²) in [6.07, 6.45) is -2.85. The fourth-order valence-electron chi connectivity index (χ4n) is 1.46. The molecule has 0 saturated carbocycles. The van der Waals surface area contributed by atoms with Gasteiger partial charge < -0.3 is 5.32 Å². The number of alkyl halides is 3. The van der Waals surface area contributed by atoms with Gasteiger partial charge in [-0.3, -0.25) is 9.69 Å². The lowest BCUT2D eigenvalue weighted by Gasteiger charge is -2.24. The second kappa shape index (κ2) is 6.90. The number of hydrogen-bond acceptors (Lipinski definition) is 3. The van der Waals surface area contributed by atoms with Crippen LogP contribution >= 0.6 is 11.6 Å². The van der Waals surface area contributed by atoms with E-state index in [1.165, 1.54) is 6.92 Å². The van der Waals surface area contributed by atoms with Gasteiger partial charge in [-0.2, -0.15) is 13.2 Å². The van der Waals surface area contributed by atoms with E-state index in [0.717, 1.165) is 5.56 Å². The van der Waals surface area contributed by atoms with Crippen molar-refractivity contribution in [1.29, 1.82) is 0 Å². The SMILES string of the molecule is C[C@@H](C(=O)NCC(F)(F)F)N(C)Cc1ccc(Cl)nc1. The lowest BCUT2D eigenvalue weighted by molar-refractivity contribution is -0.141. The number of carbonyl (C=O) groups excluding carboxylic acids is 1. The van der Waals surface area contributed by atoms with Gasteiger partial charge in [-0.1, -0.05) is 17.7 Å². The number of halogens is 4. The molecule has 0 spiro atoms. The van der Waals surface area contributed by atoms with Gasteiger partial charge in [0.05, 0.1) is 6.04 Å². The molecule has 0 aliphatic heterocycles. The van der Waals surface area contributed by atoms with E-state index in [-0.39, 0.29) is 0 Å². The first-order valence-corrected chi connectivity index (χ1v) is 6.22. The number of aromatic nitrogens is 1. The molecule has 0 radical (unpaired) electrons. The summed E-state index contributed by atoms with van der Waals surface area (Å²) in [6, 6.07) is 2.67. The van der Waals surface area contributed by atoms with Crippen LogP contribution in [0, 0.1) is 0 Å². The largest absolute Gasteiger partial charge is 0.405 e. The molecule has 0 unspecified atom stereocenters. The second-order valence-electron chi connectivity index (χ2n) is 4.41. The van der Waals surface area contributed by atoms with Crippen molar-refractivity contribution in [2.45, 2.75) is 25.7 Å². The number of pyridine rings is 1. The van der Waals surface area contributed by atoms with Gasteiger partial charge in [0.25, 0.3) is 0 Å². The van der Waals surface area contributed by atoms with Gasteiger partial charge in [0, 0.05) is 12.7 Å². The maximum Gasteiger partial charge on any atom is 0.405 e. The molecular formula is C12H15ClF3N3O. The molecule has 0 aliphatic rings. The number of likely N-dealkylation sites (N-methyl/N-ethyl adjacent to an activating group) is 1. The molecule has 1 aromatic rings. The smallest absolute Gasteiger partial charge is 0.346 e. The van der Waals surface area contributed by atoms with Crippen LogP contribution in [-0.4, -0.2) is 41.6 Å². The van der Waals surface area contributed by atoms with Crippen LogP contribution in [0.2, 0.25) is 5.15 Å². The third-order valence-electron chi connectivity index (χ3n) is 2.72. The monoisotopic (exact) mass is 309 g/mol. The summed E-state index contributed by atoms with van der Waals surface area (Å²) in [5, 5.41) is 2.21. The molecule has 0 fully saturated rings. The van der Waals surface area contributed by atoms with Crippen LogP contribution < -0.4 is 5.32 Å². The average molecular weight is 310 g/mol. The number of nitrogens with one attached hydrogen (secondary N) is 1. The first-order chi connectivity index (χ1) is 9.19. The number of amides is 1. The van der Waals surface area contributed by atoms with E-state index in [1.807, 2.05) is 5.32 Å². The highest BCUT2D eigenvalue weighted by atomic mass is 35.5. The molecule has 0 aromatic carbocycles. The highest BCUT2D eigenvalue weighted by molar-refractivity contribution is 6.29. The molecular weight excluding hydrogens is 295 g/mol. The molecule has 8 heteroatoms. The molecule has 0 bridgehead atoms. The van der Waals surface area contributed by atoms with E-state index in [4.69, 9.17) is 11.6 Å². The number of nitrogens with zero attached hydrogens (tertiary/aromatic N) is 2. The number of hydrogen-bond donors (Lipinski definition) is 1. The first-order valence-electron chi connectivity index (χ1n) is 5.84. The van der Waals surface area contributed by atoms with E-state index in [9.17, 15) is 18.0 Å². The van der Waals surface area contributed by atoms with Crippen LogP contribution in [0.15, 0.2) is 18.3 Å². The van der Waals surface area contributed by atoms with Crippen LogP contribution in [0.3, 0.4) is 0 Å². The first kappa shape index (κ1) is 16.7. The number of carbonyl (C=O) groups is 1. The Bertz CT molecular complexity index is 450. The van der Waals surface area contributed by atoms with Crippen molar-refractivity contribution >= 4 is 17.5 Å². The lowest BCUT2D eigenvalue weighted by Crippen LogP contribution is -2.45. The molecule has 0 aliphatic carbocycles. The van der Waals surface area contributed by atoms with E-state index < -0.39 is 24.7 Å². The molecule has 1 rings (SSSR count). The Labute approximate surface area is 119 Å². The summed E-state index contributed by atoms with van der Waals surface area (Å²) in [7, 11) is 1.65. The molecule has 20 heavy (non-hydrogen) atoms. The van der Waals surface area contributed by atoms with Crippen molar-refractivity contribution in [2.75, 3.05) is 13.6 Å². The Hall–Kier alpha value is -1.34. The van der Waals surface area contributed by atoms with Crippen molar-refractivity contribution in [3.63, 3.8) is 0 Å². The third kappa shape index (κ3) is 5.75. The second-order valence-corrected chi connectivity index (χ2v) is 4.80. The summed E-state index contributed by atoms with van der Waals surface area (Å²) >= 11 is 5.65. The van der Waals surface area contributed by atoms with Gasteiger partial charge in [0.2, 0.25) is 5.91 Å². The molecule has 0 saturated heterocycles. The molecule has 4 nitrogen and oxygen atoms in total. The minimum absolute atomic E-state index is 0.354. The predicted molar refractivity (Wildman–Crippen MR) is 69.2 cm³/mol. The lowest BCUT2D eigenvalue weighted by atomic mass is 10.2. The topological polar surface area (TPSA) is 45.2 Å². The van der Waals surface area contributed by atoms with Gasteiger partial charge in [-0.05, 0) is 25.6 Å². The summed E-state index contributed by atoms with van der Waals surface area (Å²) < 4.78 is 36.0. The molecule has 1 heterocycles. The van der Waals surface area contributed by atoms with Gasteiger partial charge in [-0.25, -0.2) is 4.98 Å². The Morgan fingerprint density at radius 1 is 1.50 bits per heavy atom. The standard InChI is InChI=1S/C12H15ClF3N3O/c1-8(11(20)18-7-12(14,15)16)19(2)6-9-3-4-10(13)17-5-9/h3-5,8H,6-7H2,1-2H3,(H,18,20)/t8-/m0/s1. The maximum absolute atomic E-state index is 12.0. The molecule has 112 valence electrons. The third-order valence-corrected chi connectivity index (χ3v) is 2.95. The molecule has 1 aromatic heterocycles. The normalized spacial score (nSPS) is 13.3. The summed E-state index contributed by atoms with van der Waals surface area (Å²) in [6.45, 7) is 0.590. The predicted octanol–water partition coefficient (Wildman–Crippen LogP) is 2.23. The molecule has 1 N–H and O–H groups in total. The van der Waals surface area contributed by atoms with Crippen LogP contribution in [-0.2, 0) is 11.3 Å². The Morgan fingerprint density at radius 3 is 2.65 bits per heavy atom. The van der Waals surface area contributed by atoms with Crippen molar-refractivity contribution in [3.8, 4) is 0 Å². The average Bonchev–Trinajstić information content (AvgIpc) is 2.36. The Morgan fingerprint density at radius 2 is 2.15 bits per heavy atom. The summed E-state index contributed by atoms with van der Waals surface area (Å²) in [4.78, 5) is 17.1. The zero-order valence-corrected chi connectivity index (χ0v) is 11.8. The quantitative estimate of drug-likeness (QED) is 0.848. The zero-order chi connectivity index (χ0) is 15.3.